The first-order valence-corrected chi connectivity index (χ1v) is 20.2. The van der Waals surface area contributed by atoms with E-state index in [0.717, 1.165) is 11.4 Å². The van der Waals surface area contributed by atoms with E-state index >= 15 is 0 Å². The van der Waals surface area contributed by atoms with E-state index in [1.54, 1.807) is 0 Å². The molecule has 0 fully saturated rings. The van der Waals surface area contributed by atoms with Crippen molar-refractivity contribution >= 4 is 62.2 Å². The molecule has 0 amide bonds. The third-order valence-corrected chi connectivity index (χ3v) is 11.9. The molecule has 0 bridgehead atoms. The van der Waals surface area contributed by atoms with Gasteiger partial charge in [0.05, 0.1) is 5.52 Å². The first-order valence-electron chi connectivity index (χ1n) is 20.2. The summed E-state index contributed by atoms with van der Waals surface area (Å²) < 4.78 is 2.56. The number of nitrogens with one attached hydrogen (secondary N) is 1. The molecular weight excluding hydrogens is 687 g/mol. The average molecular weight is 734 g/mol. The molecule has 8 aromatic carbocycles. The molecular formula is C54H46BN2. The van der Waals surface area contributed by atoms with Gasteiger partial charge in [-0.05, 0) is 115 Å². The van der Waals surface area contributed by atoms with E-state index < -0.39 is 0 Å². The zero-order valence-corrected chi connectivity index (χ0v) is 33.6. The van der Waals surface area contributed by atoms with Gasteiger partial charge in [0, 0.05) is 38.9 Å². The normalized spacial score (nSPS) is 12.5. The Hall–Kier alpha value is -6.32. The molecule has 0 atom stereocenters. The van der Waals surface area contributed by atoms with Crippen molar-refractivity contribution in [2.45, 2.75) is 52.4 Å². The van der Waals surface area contributed by atoms with Gasteiger partial charge in [0.1, 0.15) is 0 Å². The maximum Gasteiger partial charge on any atom is 0.197 e. The van der Waals surface area contributed by atoms with E-state index in [2.05, 4.69) is 222 Å². The summed E-state index contributed by atoms with van der Waals surface area (Å²) in [5.74, 6) is 0. The molecule has 0 saturated heterocycles. The number of benzene rings is 8. The van der Waals surface area contributed by atoms with Gasteiger partial charge in [-0.2, -0.15) is 0 Å². The number of aromatic nitrogens is 1. The maximum absolute atomic E-state index is 3.90. The van der Waals surface area contributed by atoms with Crippen LogP contribution in [-0.4, -0.2) is 11.8 Å². The average Bonchev–Trinajstić information content (AvgIpc) is 3.55. The third kappa shape index (κ3) is 6.05. The molecule has 0 spiro atoms. The van der Waals surface area contributed by atoms with Crippen LogP contribution in [0.25, 0.3) is 71.6 Å². The lowest BCUT2D eigenvalue weighted by atomic mass is 9.58. The highest BCUT2D eigenvalue weighted by Crippen LogP contribution is 2.43. The van der Waals surface area contributed by atoms with Crippen LogP contribution in [0.15, 0.2) is 164 Å². The summed E-state index contributed by atoms with van der Waals surface area (Å²) in [5.41, 5.74) is 18.3. The highest BCUT2D eigenvalue weighted by Gasteiger charge is 2.30. The zero-order valence-electron chi connectivity index (χ0n) is 33.6. The van der Waals surface area contributed by atoms with E-state index in [4.69, 9.17) is 0 Å². The van der Waals surface area contributed by atoms with Crippen molar-refractivity contribution in [3.8, 4) is 39.1 Å². The van der Waals surface area contributed by atoms with Crippen LogP contribution in [0.1, 0.15) is 52.7 Å². The Balaban J connectivity index is 1.26. The Morgan fingerprint density at radius 1 is 0.491 bits per heavy atom. The van der Waals surface area contributed by atoms with Crippen molar-refractivity contribution < 1.29 is 0 Å². The Labute approximate surface area is 337 Å². The predicted octanol–water partition coefficient (Wildman–Crippen LogP) is 13.2. The Bertz CT molecular complexity index is 3000. The summed E-state index contributed by atoms with van der Waals surface area (Å²) in [5, 5.41) is 8.96. The van der Waals surface area contributed by atoms with Crippen molar-refractivity contribution in [2.24, 2.45) is 0 Å². The molecule has 1 radical (unpaired) electrons. The van der Waals surface area contributed by atoms with Crippen molar-refractivity contribution in [3.63, 3.8) is 0 Å². The lowest BCUT2D eigenvalue weighted by Gasteiger charge is -2.28. The smallest absolute Gasteiger partial charge is 0.197 e. The minimum atomic E-state index is -0.0162. The van der Waals surface area contributed by atoms with Crippen molar-refractivity contribution in [1.82, 2.24) is 4.57 Å². The number of nitrogens with zero attached hydrogens (tertiary/aromatic N) is 1. The summed E-state index contributed by atoms with van der Waals surface area (Å²) in [6, 6.07) is 60.5. The molecule has 9 aromatic rings. The minimum absolute atomic E-state index is 0.0162. The first kappa shape index (κ1) is 35.1. The molecule has 275 valence electrons. The van der Waals surface area contributed by atoms with Crippen LogP contribution in [0.3, 0.4) is 0 Å². The molecule has 0 aliphatic carbocycles. The van der Waals surface area contributed by atoms with E-state index in [1.807, 2.05) is 0 Å². The summed E-state index contributed by atoms with van der Waals surface area (Å²) in [6.45, 7) is 13.9. The summed E-state index contributed by atoms with van der Waals surface area (Å²) >= 11 is 0. The van der Waals surface area contributed by atoms with Gasteiger partial charge < -0.3 is 9.88 Å². The SMILES string of the molecule is CC(C)(C)c1ccc2c(c1)c1cc(C(C)(C)C)cc3c1n2-c1cc(-c2ccccc2)cc(-c2c(Nc4ccc(-c5ccccc5)cc4)ccc4ccccc24)c1[B]3. The minimum Gasteiger partial charge on any atom is -0.355 e. The predicted molar refractivity (Wildman–Crippen MR) is 247 cm³/mol. The van der Waals surface area contributed by atoms with Gasteiger partial charge in [-0.1, -0.05) is 162 Å². The molecule has 2 heterocycles. The van der Waals surface area contributed by atoms with Gasteiger partial charge in [0.2, 0.25) is 0 Å². The third-order valence-electron chi connectivity index (χ3n) is 11.9. The molecule has 1 aliphatic heterocycles. The van der Waals surface area contributed by atoms with Crippen LogP contribution in [0.2, 0.25) is 0 Å². The van der Waals surface area contributed by atoms with Crippen LogP contribution in [0, 0.1) is 0 Å². The molecule has 3 heteroatoms. The maximum atomic E-state index is 3.90. The number of anilines is 2. The summed E-state index contributed by atoms with van der Waals surface area (Å²) in [4.78, 5) is 0. The fraction of sp³-hybridized carbons (Fsp3) is 0.148. The second-order valence-electron chi connectivity index (χ2n) is 17.8. The highest BCUT2D eigenvalue weighted by molar-refractivity contribution is 6.73. The van der Waals surface area contributed by atoms with Crippen LogP contribution in [0.4, 0.5) is 11.4 Å². The van der Waals surface area contributed by atoms with Crippen molar-refractivity contribution in [3.05, 3.63) is 175 Å². The fourth-order valence-corrected chi connectivity index (χ4v) is 8.77. The highest BCUT2D eigenvalue weighted by atomic mass is 15.0. The van der Waals surface area contributed by atoms with Gasteiger partial charge in [-0.3, -0.25) is 0 Å². The van der Waals surface area contributed by atoms with Gasteiger partial charge in [-0.25, -0.2) is 0 Å². The molecule has 57 heavy (non-hydrogen) atoms. The second-order valence-corrected chi connectivity index (χ2v) is 17.8. The lowest BCUT2D eigenvalue weighted by Crippen LogP contribution is -2.38. The Morgan fingerprint density at radius 2 is 1.12 bits per heavy atom. The standard InChI is InChI=1S/C54H46BN2/c1-53(2,3)39-24-28-48-43(31-39)44-32-40(54(4,5)6)33-46-52(44)57(48)49-30-38(35-17-11-8-12-18-35)29-45(51(49)55-46)50-42-20-14-13-19-37(42)23-27-47(50)56-41-25-21-36(22-26-41)34-15-9-7-10-16-34/h7-33,56H,1-6H3. The molecule has 1 aliphatic rings. The lowest BCUT2D eigenvalue weighted by molar-refractivity contribution is 0.590. The number of hydrogen-bond donors (Lipinski definition) is 1. The van der Waals surface area contributed by atoms with E-state index in [1.165, 1.54) is 93.7 Å². The van der Waals surface area contributed by atoms with Crippen LogP contribution < -0.4 is 16.2 Å². The van der Waals surface area contributed by atoms with Crippen LogP contribution in [0.5, 0.6) is 0 Å². The van der Waals surface area contributed by atoms with Gasteiger partial charge >= 0.3 is 0 Å². The number of rotatable bonds is 5. The second kappa shape index (κ2) is 13.1. The van der Waals surface area contributed by atoms with Crippen molar-refractivity contribution in [1.29, 1.82) is 0 Å². The van der Waals surface area contributed by atoms with E-state index in [0.29, 0.717) is 0 Å². The monoisotopic (exact) mass is 733 g/mol. The molecule has 1 aromatic heterocycles. The zero-order chi connectivity index (χ0) is 39.1. The molecule has 1 N–H and O–H groups in total. The molecule has 0 saturated carbocycles. The molecule has 0 unspecified atom stereocenters. The van der Waals surface area contributed by atoms with E-state index in [9.17, 15) is 0 Å². The Kier molecular flexibility index (Phi) is 8.09. The number of fused-ring (bicyclic) bond motifs is 6. The van der Waals surface area contributed by atoms with Gasteiger partial charge in [0.25, 0.3) is 0 Å². The summed E-state index contributed by atoms with van der Waals surface area (Å²) in [7, 11) is 2.47. The van der Waals surface area contributed by atoms with Crippen molar-refractivity contribution in [2.75, 3.05) is 5.32 Å². The topological polar surface area (TPSA) is 17.0 Å². The van der Waals surface area contributed by atoms with Gasteiger partial charge in [0.15, 0.2) is 7.28 Å². The van der Waals surface area contributed by atoms with Crippen LogP contribution in [-0.2, 0) is 10.8 Å². The Morgan fingerprint density at radius 3 is 1.82 bits per heavy atom. The number of hydrogen-bond acceptors (Lipinski definition) is 1. The quantitative estimate of drug-likeness (QED) is 0.174. The van der Waals surface area contributed by atoms with Crippen LogP contribution >= 0.6 is 0 Å². The largest absolute Gasteiger partial charge is 0.355 e. The first-order chi connectivity index (χ1) is 27.5. The van der Waals surface area contributed by atoms with Gasteiger partial charge in [-0.15, -0.1) is 0 Å². The van der Waals surface area contributed by atoms with E-state index in [-0.39, 0.29) is 10.8 Å². The fourth-order valence-electron chi connectivity index (χ4n) is 8.77. The summed E-state index contributed by atoms with van der Waals surface area (Å²) in [6.07, 6.45) is 0. The molecule has 10 rings (SSSR count). The molecule has 2 nitrogen and oxygen atoms in total.